The molecule has 0 aliphatic carbocycles. The minimum Gasteiger partial charge on any atom is -0.478 e. The molecule has 0 aromatic rings. The SMILES string of the molecule is COC(=O)C1=CC(N(C(=O)OC(C)(C)C)C(N)=NC(=O)OC(C)(C)C)C(NC(C)=O)C(C(O)C2COC(C)(C)O2)O1. The van der Waals surface area contributed by atoms with Crippen LogP contribution < -0.4 is 11.1 Å². The zero-order chi connectivity index (χ0) is 31.5. The summed E-state index contributed by atoms with van der Waals surface area (Å²) in [4.78, 5) is 55.6. The largest absolute Gasteiger partial charge is 0.478 e. The van der Waals surface area contributed by atoms with Crippen LogP contribution >= 0.6 is 0 Å². The van der Waals surface area contributed by atoms with Gasteiger partial charge in [0.25, 0.3) is 0 Å². The Hall–Kier alpha value is -3.43. The predicted molar refractivity (Wildman–Crippen MR) is 143 cm³/mol. The van der Waals surface area contributed by atoms with Crippen molar-refractivity contribution in [2.45, 2.75) is 110 Å². The van der Waals surface area contributed by atoms with Crippen LogP contribution in [0.5, 0.6) is 0 Å². The van der Waals surface area contributed by atoms with Gasteiger partial charge in [-0.05, 0) is 61.5 Å². The van der Waals surface area contributed by atoms with Gasteiger partial charge in [-0.1, -0.05) is 0 Å². The molecule has 2 aliphatic heterocycles. The molecule has 3 amide bonds. The van der Waals surface area contributed by atoms with Crippen LogP contribution in [-0.4, -0.2) is 101 Å². The fourth-order valence-corrected chi connectivity index (χ4v) is 4.06. The van der Waals surface area contributed by atoms with Crippen molar-refractivity contribution in [3.05, 3.63) is 11.8 Å². The van der Waals surface area contributed by atoms with Gasteiger partial charge in [0, 0.05) is 6.92 Å². The van der Waals surface area contributed by atoms with E-state index in [2.05, 4.69) is 10.3 Å². The molecule has 2 heterocycles. The molecule has 1 fully saturated rings. The molecule has 0 saturated carbocycles. The molecule has 15 nitrogen and oxygen atoms in total. The molecule has 41 heavy (non-hydrogen) atoms. The minimum atomic E-state index is -1.51. The molecule has 2 rings (SSSR count). The van der Waals surface area contributed by atoms with E-state index in [0.717, 1.165) is 18.1 Å². The summed E-state index contributed by atoms with van der Waals surface area (Å²) in [6.07, 6.45) is -4.92. The highest BCUT2D eigenvalue weighted by atomic mass is 16.7. The van der Waals surface area contributed by atoms with Crippen LogP contribution in [0.1, 0.15) is 62.3 Å². The highest BCUT2D eigenvalue weighted by molar-refractivity contribution is 5.99. The Morgan fingerprint density at radius 1 is 1.15 bits per heavy atom. The third kappa shape index (κ3) is 9.57. The van der Waals surface area contributed by atoms with E-state index in [1.54, 1.807) is 55.4 Å². The number of guanidine groups is 1. The number of rotatable bonds is 5. The van der Waals surface area contributed by atoms with Crippen LogP contribution in [-0.2, 0) is 38.0 Å². The number of hydrogen-bond donors (Lipinski definition) is 3. The molecular formula is C26H42N4O11. The lowest BCUT2D eigenvalue weighted by molar-refractivity contribution is -0.170. The summed E-state index contributed by atoms with van der Waals surface area (Å²) < 4.78 is 32.7. The van der Waals surface area contributed by atoms with Gasteiger partial charge in [-0.15, -0.1) is 4.99 Å². The van der Waals surface area contributed by atoms with E-state index in [1.165, 1.54) is 6.92 Å². The molecule has 0 spiro atoms. The van der Waals surface area contributed by atoms with E-state index in [-0.39, 0.29) is 6.61 Å². The van der Waals surface area contributed by atoms with Gasteiger partial charge in [-0.25, -0.2) is 19.3 Å². The molecule has 5 atom stereocenters. The molecule has 0 radical (unpaired) electrons. The molecular weight excluding hydrogens is 544 g/mol. The van der Waals surface area contributed by atoms with E-state index in [1.807, 2.05) is 0 Å². The van der Waals surface area contributed by atoms with E-state index in [0.29, 0.717) is 0 Å². The monoisotopic (exact) mass is 586 g/mol. The second-order valence-corrected chi connectivity index (χ2v) is 12.0. The van der Waals surface area contributed by atoms with Crippen molar-refractivity contribution in [1.29, 1.82) is 0 Å². The molecule has 0 bridgehead atoms. The summed E-state index contributed by atoms with van der Waals surface area (Å²) in [5, 5.41) is 14.0. The molecule has 1 saturated heterocycles. The summed E-state index contributed by atoms with van der Waals surface area (Å²) in [6.45, 7) is 14.1. The number of aliphatic hydroxyl groups is 1. The third-order valence-corrected chi connectivity index (χ3v) is 5.55. The number of nitrogens with one attached hydrogen (secondary N) is 1. The number of carbonyl (C=O) groups is 4. The van der Waals surface area contributed by atoms with Gasteiger partial charge >= 0.3 is 18.2 Å². The number of nitrogens with two attached hydrogens (primary N) is 1. The number of aliphatic imine (C=N–C) groups is 1. The van der Waals surface area contributed by atoms with Gasteiger partial charge in [0.1, 0.15) is 29.5 Å². The number of hydrogen-bond acceptors (Lipinski definition) is 11. The lowest BCUT2D eigenvalue weighted by Gasteiger charge is -2.43. The van der Waals surface area contributed by atoms with Gasteiger partial charge < -0.3 is 44.6 Å². The van der Waals surface area contributed by atoms with Crippen molar-refractivity contribution >= 4 is 30.0 Å². The highest BCUT2D eigenvalue weighted by Gasteiger charge is 2.51. The quantitative estimate of drug-likeness (QED) is 0.181. The lowest BCUT2D eigenvalue weighted by atomic mass is 9.91. The summed E-state index contributed by atoms with van der Waals surface area (Å²) in [7, 11) is 1.10. The molecule has 2 aliphatic rings. The first kappa shape index (κ1) is 33.8. The normalized spacial score (nSPS) is 25.2. The summed E-state index contributed by atoms with van der Waals surface area (Å²) in [5.74, 6) is -3.65. The fraction of sp³-hybridized carbons (Fsp3) is 0.731. The molecule has 232 valence electrons. The van der Waals surface area contributed by atoms with Crippen molar-refractivity contribution in [3.8, 4) is 0 Å². The van der Waals surface area contributed by atoms with Crippen LogP contribution in [0.3, 0.4) is 0 Å². The van der Waals surface area contributed by atoms with Crippen molar-refractivity contribution in [2.24, 2.45) is 10.7 Å². The average Bonchev–Trinajstić information content (AvgIpc) is 3.15. The van der Waals surface area contributed by atoms with Crippen molar-refractivity contribution in [1.82, 2.24) is 10.2 Å². The van der Waals surface area contributed by atoms with Gasteiger partial charge in [-0.2, -0.15) is 0 Å². The third-order valence-electron chi connectivity index (χ3n) is 5.55. The van der Waals surface area contributed by atoms with Crippen molar-refractivity contribution in [2.75, 3.05) is 13.7 Å². The second kappa shape index (κ2) is 12.6. The maximum absolute atomic E-state index is 13.5. The van der Waals surface area contributed by atoms with Crippen LogP contribution in [0.4, 0.5) is 9.59 Å². The number of aliphatic hydroxyl groups excluding tert-OH is 1. The number of esters is 1. The van der Waals surface area contributed by atoms with E-state index in [4.69, 9.17) is 34.2 Å². The maximum atomic E-state index is 13.5. The number of amides is 3. The van der Waals surface area contributed by atoms with Crippen LogP contribution in [0.2, 0.25) is 0 Å². The van der Waals surface area contributed by atoms with Gasteiger partial charge in [0.2, 0.25) is 17.6 Å². The summed E-state index contributed by atoms with van der Waals surface area (Å²) in [6, 6.07) is -2.67. The van der Waals surface area contributed by atoms with E-state index in [9.17, 15) is 24.3 Å². The summed E-state index contributed by atoms with van der Waals surface area (Å²) >= 11 is 0. The van der Waals surface area contributed by atoms with Crippen LogP contribution in [0.15, 0.2) is 16.8 Å². The molecule has 0 aromatic carbocycles. The van der Waals surface area contributed by atoms with Crippen LogP contribution in [0.25, 0.3) is 0 Å². The first-order valence-corrected chi connectivity index (χ1v) is 13.0. The minimum absolute atomic E-state index is 0.0409. The van der Waals surface area contributed by atoms with Gasteiger partial charge in [0.15, 0.2) is 5.79 Å². The molecule has 5 unspecified atom stereocenters. The van der Waals surface area contributed by atoms with E-state index >= 15 is 0 Å². The first-order chi connectivity index (χ1) is 18.6. The second-order valence-electron chi connectivity index (χ2n) is 12.0. The Bertz CT molecular complexity index is 1070. The number of nitrogens with zero attached hydrogens (tertiary/aromatic N) is 2. The zero-order valence-corrected chi connectivity index (χ0v) is 25.2. The number of carbonyl (C=O) groups excluding carboxylic acids is 4. The Morgan fingerprint density at radius 3 is 2.20 bits per heavy atom. The number of methoxy groups -OCH3 is 1. The Kier molecular flexibility index (Phi) is 10.4. The first-order valence-electron chi connectivity index (χ1n) is 13.0. The highest BCUT2D eigenvalue weighted by Crippen LogP contribution is 2.32. The van der Waals surface area contributed by atoms with Gasteiger partial charge in [0.05, 0.1) is 25.8 Å². The fourth-order valence-electron chi connectivity index (χ4n) is 4.06. The zero-order valence-electron chi connectivity index (χ0n) is 25.2. The average molecular weight is 587 g/mol. The smallest absolute Gasteiger partial charge is 0.437 e. The Labute approximate surface area is 239 Å². The van der Waals surface area contributed by atoms with Crippen LogP contribution in [0, 0.1) is 0 Å². The molecule has 4 N–H and O–H groups in total. The maximum Gasteiger partial charge on any atom is 0.437 e. The van der Waals surface area contributed by atoms with Gasteiger partial charge in [-0.3, -0.25) is 4.79 Å². The molecule has 0 aromatic heterocycles. The molecule has 15 heteroatoms. The van der Waals surface area contributed by atoms with Crippen molar-refractivity contribution in [3.63, 3.8) is 0 Å². The topological polar surface area (TPSA) is 198 Å². The Morgan fingerprint density at radius 2 is 1.73 bits per heavy atom. The predicted octanol–water partition coefficient (Wildman–Crippen LogP) is 1.31. The van der Waals surface area contributed by atoms with E-state index < -0.39 is 83.2 Å². The Balaban J connectivity index is 2.71. The number of ether oxygens (including phenoxy) is 6. The lowest BCUT2D eigenvalue weighted by Crippen LogP contribution is -2.66. The standard InChI is InChI=1S/C26H42N4O11/c1-13(31)28-17-14(30(23(35)41-25(5,6)7)21(27)29-22(34)40-24(2,3)4)11-15(20(33)36-10)38-19(17)18(32)16-12-37-26(8,9)39-16/h11,14,16-19,32H,12H2,1-10H3,(H,28,31)(H2,27,29,34). The van der Waals surface area contributed by atoms with Crippen molar-refractivity contribution < 1.29 is 52.7 Å². The summed E-state index contributed by atoms with van der Waals surface area (Å²) in [5.41, 5.74) is 4.21.